The number of carbonyl (C=O) groups excluding carboxylic acids is 1. The Hall–Kier alpha value is -2.54. The largest absolute Gasteiger partial charge is 0.495 e. The summed E-state index contributed by atoms with van der Waals surface area (Å²) in [6, 6.07) is 12.6. The van der Waals surface area contributed by atoms with E-state index >= 15 is 0 Å². The van der Waals surface area contributed by atoms with Crippen molar-refractivity contribution < 1.29 is 17.9 Å². The Morgan fingerprint density at radius 1 is 1.10 bits per heavy atom. The summed E-state index contributed by atoms with van der Waals surface area (Å²) in [4.78, 5) is 12.7. The molecule has 0 unspecified atom stereocenters. The van der Waals surface area contributed by atoms with Crippen LogP contribution in [0.15, 0.2) is 42.5 Å². The molecule has 0 radical (unpaired) electrons. The number of amides is 1. The van der Waals surface area contributed by atoms with Gasteiger partial charge in [0.2, 0.25) is 15.9 Å². The summed E-state index contributed by atoms with van der Waals surface area (Å²) in [5, 5.41) is 2.85. The van der Waals surface area contributed by atoms with Gasteiger partial charge in [-0.15, -0.1) is 0 Å². The number of ether oxygens (including phenoxy) is 1. The van der Waals surface area contributed by atoms with Gasteiger partial charge in [0.1, 0.15) is 11.8 Å². The van der Waals surface area contributed by atoms with E-state index in [4.69, 9.17) is 4.74 Å². The summed E-state index contributed by atoms with van der Waals surface area (Å²) in [6.07, 6.45) is 2.71. The lowest BCUT2D eigenvalue weighted by atomic mass is 10.1. The van der Waals surface area contributed by atoms with Gasteiger partial charge in [-0.2, -0.15) is 0 Å². The zero-order valence-corrected chi connectivity index (χ0v) is 18.5. The molecule has 0 aromatic heterocycles. The van der Waals surface area contributed by atoms with Crippen LogP contribution in [-0.4, -0.2) is 40.3 Å². The fourth-order valence-electron chi connectivity index (χ4n) is 3.16. The van der Waals surface area contributed by atoms with E-state index in [-0.39, 0.29) is 5.91 Å². The number of carbonyl (C=O) groups is 1. The van der Waals surface area contributed by atoms with Crippen molar-refractivity contribution in [3.8, 4) is 5.75 Å². The lowest BCUT2D eigenvalue weighted by Gasteiger charge is -2.29. The van der Waals surface area contributed by atoms with Gasteiger partial charge >= 0.3 is 0 Å². The standard InChI is InChI=1S/C22H30N2O4S/c1-16-8-11-19(12-9-16)7-6-14-23-22(25)18(3)24(29(5,26)27)20-15-17(2)10-13-21(20)28-4/h8-13,15,18H,6-7,14H2,1-5H3,(H,23,25)/t18-/m0/s1. The molecule has 0 aliphatic carbocycles. The van der Waals surface area contributed by atoms with Crippen molar-refractivity contribution in [3.05, 3.63) is 59.2 Å². The van der Waals surface area contributed by atoms with Crippen molar-refractivity contribution in [2.24, 2.45) is 0 Å². The van der Waals surface area contributed by atoms with E-state index in [1.54, 1.807) is 19.1 Å². The summed E-state index contributed by atoms with van der Waals surface area (Å²) in [6.45, 7) is 5.96. The lowest BCUT2D eigenvalue weighted by Crippen LogP contribution is -2.48. The van der Waals surface area contributed by atoms with Crippen LogP contribution in [0.5, 0.6) is 5.75 Å². The molecular formula is C22H30N2O4S. The van der Waals surface area contributed by atoms with E-state index in [0.29, 0.717) is 18.0 Å². The fraction of sp³-hybridized carbons (Fsp3) is 0.409. The Kier molecular flexibility index (Phi) is 7.67. The monoisotopic (exact) mass is 418 g/mol. The van der Waals surface area contributed by atoms with E-state index < -0.39 is 16.1 Å². The molecule has 0 bridgehead atoms. The normalized spacial score (nSPS) is 12.3. The topological polar surface area (TPSA) is 75.7 Å². The van der Waals surface area contributed by atoms with Crippen molar-refractivity contribution in [3.63, 3.8) is 0 Å². The molecule has 0 fully saturated rings. The zero-order chi connectivity index (χ0) is 21.6. The quantitative estimate of drug-likeness (QED) is 0.635. The van der Waals surface area contributed by atoms with Crippen molar-refractivity contribution in [2.45, 2.75) is 39.7 Å². The number of nitrogens with zero attached hydrogens (tertiary/aromatic N) is 1. The van der Waals surface area contributed by atoms with Crippen molar-refractivity contribution in [1.82, 2.24) is 5.32 Å². The van der Waals surface area contributed by atoms with Gasteiger partial charge in [0.25, 0.3) is 0 Å². The molecule has 0 spiro atoms. The minimum absolute atomic E-state index is 0.345. The first-order valence-corrected chi connectivity index (χ1v) is 11.5. The molecule has 29 heavy (non-hydrogen) atoms. The van der Waals surface area contributed by atoms with Crippen molar-refractivity contribution in [2.75, 3.05) is 24.2 Å². The van der Waals surface area contributed by atoms with Gasteiger partial charge < -0.3 is 10.1 Å². The SMILES string of the molecule is COc1ccc(C)cc1N([C@@H](C)C(=O)NCCCc1ccc(C)cc1)S(C)(=O)=O. The molecule has 158 valence electrons. The van der Waals surface area contributed by atoms with E-state index in [0.717, 1.165) is 29.0 Å². The Bertz CT molecular complexity index is 940. The Labute approximate surface area is 173 Å². The first kappa shape index (κ1) is 22.7. The average Bonchev–Trinajstić information content (AvgIpc) is 2.65. The van der Waals surface area contributed by atoms with E-state index in [2.05, 4.69) is 29.6 Å². The molecule has 0 aliphatic rings. The van der Waals surface area contributed by atoms with Gasteiger partial charge in [-0.1, -0.05) is 35.9 Å². The highest BCUT2D eigenvalue weighted by Crippen LogP contribution is 2.32. The lowest BCUT2D eigenvalue weighted by molar-refractivity contribution is -0.121. The molecule has 0 saturated heterocycles. The first-order chi connectivity index (χ1) is 13.6. The maximum Gasteiger partial charge on any atom is 0.243 e. The number of rotatable bonds is 9. The molecule has 0 saturated carbocycles. The van der Waals surface area contributed by atoms with E-state index in [1.807, 2.05) is 19.9 Å². The summed E-state index contributed by atoms with van der Waals surface area (Å²) in [7, 11) is -2.22. The van der Waals surface area contributed by atoms with Gasteiger partial charge in [-0.3, -0.25) is 9.10 Å². The van der Waals surface area contributed by atoms with Gasteiger partial charge in [-0.25, -0.2) is 8.42 Å². The number of aryl methyl sites for hydroxylation is 3. The van der Waals surface area contributed by atoms with Gasteiger partial charge in [-0.05, 0) is 56.9 Å². The van der Waals surface area contributed by atoms with Crippen LogP contribution in [0.4, 0.5) is 5.69 Å². The minimum atomic E-state index is -3.70. The second kappa shape index (κ2) is 9.78. The van der Waals surface area contributed by atoms with Crippen LogP contribution in [0.2, 0.25) is 0 Å². The molecule has 1 atom stereocenters. The highest BCUT2D eigenvalue weighted by Gasteiger charge is 2.31. The summed E-state index contributed by atoms with van der Waals surface area (Å²) in [5.74, 6) is 0.0583. The van der Waals surface area contributed by atoms with Crippen LogP contribution in [0, 0.1) is 13.8 Å². The van der Waals surface area contributed by atoms with Gasteiger partial charge in [0.05, 0.1) is 19.1 Å². The maximum absolute atomic E-state index is 12.7. The van der Waals surface area contributed by atoms with E-state index in [9.17, 15) is 13.2 Å². The molecule has 2 rings (SSSR count). The maximum atomic E-state index is 12.7. The van der Waals surface area contributed by atoms with Crippen molar-refractivity contribution in [1.29, 1.82) is 0 Å². The second-order valence-electron chi connectivity index (χ2n) is 7.29. The third-order valence-corrected chi connectivity index (χ3v) is 5.95. The van der Waals surface area contributed by atoms with Crippen LogP contribution < -0.4 is 14.4 Å². The third-order valence-electron chi connectivity index (χ3n) is 4.72. The molecule has 6 nitrogen and oxygen atoms in total. The molecular weight excluding hydrogens is 388 g/mol. The van der Waals surface area contributed by atoms with Crippen molar-refractivity contribution >= 4 is 21.6 Å². The number of sulfonamides is 1. The zero-order valence-electron chi connectivity index (χ0n) is 17.7. The molecule has 1 N–H and O–H groups in total. The number of hydrogen-bond acceptors (Lipinski definition) is 4. The number of nitrogens with one attached hydrogen (secondary N) is 1. The Morgan fingerprint density at radius 2 is 1.72 bits per heavy atom. The number of anilines is 1. The molecule has 2 aromatic carbocycles. The second-order valence-corrected chi connectivity index (χ2v) is 9.15. The van der Waals surface area contributed by atoms with Gasteiger partial charge in [0.15, 0.2) is 0 Å². The highest BCUT2D eigenvalue weighted by molar-refractivity contribution is 7.92. The van der Waals surface area contributed by atoms with E-state index in [1.165, 1.54) is 18.2 Å². The number of benzene rings is 2. The average molecular weight is 419 g/mol. The predicted molar refractivity (Wildman–Crippen MR) is 117 cm³/mol. The molecule has 0 aliphatic heterocycles. The van der Waals surface area contributed by atoms with Crippen LogP contribution in [0.1, 0.15) is 30.0 Å². The predicted octanol–water partition coefficient (Wildman–Crippen LogP) is 3.22. The summed E-state index contributed by atoms with van der Waals surface area (Å²) in [5.41, 5.74) is 3.65. The summed E-state index contributed by atoms with van der Waals surface area (Å²) < 4.78 is 31.4. The number of hydrogen-bond donors (Lipinski definition) is 1. The molecule has 0 heterocycles. The fourth-order valence-corrected chi connectivity index (χ4v) is 4.33. The smallest absolute Gasteiger partial charge is 0.243 e. The minimum Gasteiger partial charge on any atom is -0.495 e. The molecule has 7 heteroatoms. The van der Waals surface area contributed by atoms with Crippen LogP contribution in [0.25, 0.3) is 0 Å². The van der Waals surface area contributed by atoms with Crippen LogP contribution in [-0.2, 0) is 21.2 Å². The summed E-state index contributed by atoms with van der Waals surface area (Å²) >= 11 is 0. The van der Waals surface area contributed by atoms with Gasteiger partial charge in [0, 0.05) is 6.54 Å². The van der Waals surface area contributed by atoms with Crippen LogP contribution >= 0.6 is 0 Å². The highest BCUT2D eigenvalue weighted by atomic mass is 32.2. The van der Waals surface area contributed by atoms with Crippen LogP contribution in [0.3, 0.4) is 0 Å². The Morgan fingerprint density at radius 3 is 2.31 bits per heavy atom. The third kappa shape index (κ3) is 6.22. The Balaban J connectivity index is 2.07. The number of methoxy groups -OCH3 is 1. The molecule has 2 aromatic rings. The first-order valence-electron chi connectivity index (χ1n) is 9.60. The molecule has 1 amide bonds.